The second-order valence-electron chi connectivity index (χ2n) is 8.42. The number of aliphatic imine (C=N–C) groups is 1. The molecule has 1 N–H and O–H groups in total. The van der Waals surface area contributed by atoms with E-state index in [4.69, 9.17) is 4.74 Å². The average molecular weight is 453 g/mol. The molecular weight excluding hydrogens is 420 g/mol. The smallest absolute Gasteiger partial charge is 0.246 e. The van der Waals surface area contributed by atoms with Crippen LogP contribution in [0.1, 0.15) is 47.2 Å². The van der Waals surface area contributed by atoms with E-state index in [9.17, 15) is 4.79 Å². The lowest BCUT2D eigenvalue weighted by Crippen LogP contribution is -2.46. The van der Waals surface area contributed by atoms with Gasteiger partial charge in [0.1, 0.15) is 5.84 Å². The number of likely N-dealkylation sites (N-methyl/N-ethyl adjacent to an activating group) is 1. The average Bonchev–Trinajstić information content (AvgIpc) is 3.02. The number of hydrogen-bond donors (Lipinski definition) is 1. The van der Waals surface area contributed by atoms with E-state index in [0.717, 1.165) is 17.8 Å². The molecule has 1 aliphatic rings. The number of amides is 1. The number of amidine groups is 1. The lowest BCUT2D eigenvalue weighted by Gasteiger charge is -2.33. The zero-order chi connectivity index (χ0) is 23.5. The van der Waals surface area contributed by atoms with Gasteiger partial charge in [-0.05, 0) is 69.9 Å². The van der Waals surface area contributed by atoms with Crippen molar-refractivity contribution in [1.29, 1.82) is 0 Å². The molecule has 0 saturated carbocycles. The number of pyridine rings is 1. The van der Waals surface area contributed by atoms with E-state index in [2.05, 4.69) is 41.3 Å². The Morgan fingerprint density at radius 1 is 1.31 bits per heavy atom. The number of fused-ring (bicyclic) bond motifs is 1. The van der Waals surface area contributed by atoms with Gasteiger partial charge < -0.3 is 15.0 Å². The monoisotopic (exact) mass is 452 g/mol. The zero-order valence-corrected chi connectivity index (χ0v) is 20.8. The third kappa shape index (κ3) is 5.10. The Hall–Kier alpha value is -2.93. The Balaban J connectivity index is 1.69. The van der Waals surface area contributed by atoms with Crippen molar-refractivity contribution in [2.75, 3.05) is 19.4 Å². The van der Waals surface area contributed by atoms with Crippen LogP contribution in [0.3, 0.4) is 0 Å². The first-order chi connectivity index (χ1) is 15.2. The Morgan fingerprint density at radius 2 is 2.03 bits per heavy atom. The molecule has 2 aromatic rings. The van der Waals surface area contributed by atoms with Gasteiger partial charge in [0.2, 0.25) is 5.91 Å². The number of anilines is 1. The molecule has 0 radical (unpaired) electrons. The molecule has 0 unspecified atom stereocenters. The summed E-state index contributed by atoms with van der Waals surface area (Å²) >= 11 is 1.79. The Morgan fingerprint density at radius 3 is 2.72 bits per heavy atom. The molecule has 0 spiro atoms. The maximum absolute atomic E-state index is 12.7. The maximum Gasteiger partial charge on any atom is 0.246 e. The first-order valence-electron chi connectivity index (χ1n) is 10.7. The highest BCUT2D eigenvalue weighted by molar-refractivity contribution is 7.12. The number of hydrogen-bond acceptors (Lipinski definition) is 5. The van der Waals surface area contributed by atoms with Crippen LogP contribution in [0, 0.1) is 13.8 Å². The second-order valence-corrected chi connectivity index (χ2v) is 9.61. The van der Waals surface area contributed by atoms with Crippen LogP contribution in [0.2, 0.25) is 0 Å². The van der Waals surface area contributed by atoms with E-state index < -0.39 is 5.60 Å². The highest BCUT2D eigenvalue weighted by Crippen LogP contribution is 2.33. The number of thiophene rings is 1. The summed E-state index contributed by atoms with van der Waals surface area (Å²) in [5, 5.41) is 3.21. The Labute approximate surface area is 194 Å². The van der Waals surface area contributed by atoms with Crippen LogP contribution in [-0.4, -0.2) is 41.3 Å². The minimum absolute atomic E-state index is 0.0528. The quantitative estimate of drug-likeness (QED) is 0.485. The van der Waals surface area contributed by atoms with E-state index in [0.29, 0.717) is 18.1 Å². The fraction of sp³-hybridized carbons (Fsp3) is 0.400. The second kappa shape index (κ2) is 9.69. The molecule has 0 aliphatic carbocycles. The van der Waals surface area contributed by atoms with Crippen LogP contribution >= 0.6 is 11.3 Å². The minimum atomic E-state index is -0.565. The molecule has 32 heavy (non-hydrogen) atoms. The number of ether oxygens (including phenoxy) is 1. The third-order valence-corrected chi connectivity index (χ3v) is 7.03. The van der Waals surface area contributed by atoms with E-state index in [1.807, 2.05) is 33.9 Å². The van der Waals surface area contributed by atoms with Gasteiger partial charge in [-0.25, -0.2) is 4.98 Å². The van der Waals surface area contributed by atoms with Gasteiger partial charge in [0.15, 0.2) is 17.2 Å². The highest BCUT2D eigenvalue weighted by atomic mass is 32.1. The lowest BCUT2D eigenvalue weighted by atomic mass is 10.1. The number of nitrogens with one attached hydrogen (secondary N) is 1. The molecule has 0 saturated heterocycles. The van der Waals surface area contributed by atoms with Crippen molar-refractivity contribution in [1.82, 2.24) is 9.88 Å². The molecule has 3 rings (SSSR count). The zero-order valence-electron chi connectivity index (χ0n) is 19.9. The molecule has 1 amide bonds. The van der Waals surface area contributed by atoms with Crippen molar-refractivity contribution in [3.63, 3.8) is 0 Å². The van der Waals surface area contributed by atoms with Crippen LogP contribution in [0.25, 0.3) is 6.08 Å². The number of rotatable bonds is 6. The fourth-order valence-electron chi connectivity index (χ4n) is 3.51. The molecule has 0 bridgehead atoms. The summed E-state index contributed by atoms with van der Waals surface area (Å²) in [5.74, 6) is 1.94. The predicted molar refractivity (Wildman–Crippen MR) is 134 cm³/mol. The van der Waals surface area contributed by atoms with Gasteiger partial charge in [0.25, 0.3) is 0 Å². The molecule has 7 heteroatoms. The molecule has 170 valence electrons. The van der Waals surface area contributed by atoms with Crippen LogP contribution in [0.5, 0.6) is 5.75 Å². The van der Waals surface area contributed by atoms with Crippen molar-refractivity contribution in [3.05, 3.63) is 56.9 Å². The van der Waals surface area contributed by atoms with Gasteiger partial charge in [-0.1, -0.05) is 12.2 Å². The van der Waals surface area contributed by atoms with Gasteiger partial charge in [-0.15, -0.1) is 11.3 Å². The first kappa shape index (κ1) is 23.7. The predicted octanol–water partition coefficient (Wildman–Crippen LogP) is 5.16. The van der Waals surface area contributed by atoms with E-state index in [1.54, 1.807) is 41.6 Å². The van der Waals surface area contributed by atoms with Crippen LogP contribution in [-0.2, 0) is 17.8 Å². The summed E-state index contributed by atoms with van der Waals surface area (Å²) in [7, 11) is 3.55. The van der Waals surface area contributed by atoms with E-state index >= 15 is 0 Å². The molecule has 0 atom stereocenters. The first-order valence-corrected chi connectivity index (χ1v) is 11.5. The molecule has 0 aromatic carbocycles. The largest absolute Gasteiger partial charge is 0.476 e. The topological polar surface area (TPSA) is 66.8 Å². The summed E-state index contributed by atoms with van der Waals surface area (Å²) < 4.78 is 6.06. The molecule has 6 nitrogen and oxygen atoms in total. The number of nitrogens with zero attached hydrogens (tertiary/aromatic N) is 3. The van der Waals surface area contributed by atoms with Crippen molar-refractivity contribution in [2.45, 2.75) is 53.2 Å². The van der Waals surface area contributed by atoms with E-state index in [-0.39, 0.29) is 5.91 Å². The van der Waals surface area contributed by atoms with Crippen LogP contribution in [0.15, 0.2) is 35.5 Å². The molecule has 2 aromatic heterocycles. The number of aromatic nitrogens is 1. The van der Waals surface area contributed by atoms with Gasteiger partial charge in [-0.2, -0.15) is 0 Å². The summed E-state index contributed by atoms with van der Waals surface area (Å²) in [6.07, 6.45) is 10.3. The molecule has 0 fully saturated rings. The van der Waals surface area contributed by atoms with Gasteiger partial charge in [0, 0.05) is 36.1 Å². The SMILES string of the molecule is C/C=C\Cc1sc(CN(C)C(=O)/C=C/c2cnc3c(c2)OC(C)(C)C(=NC)N3)c(C)c1C. The highest BCUT2D eigenvalue weighted by Gasteiger charge is 2.33. The van der Waals surface area contributed by atoms with Gasteiger partial charge >= 0.3 is 0 Å². The number of carbonyl (C=O) groups is 1. The summed E-state index contributed by atoms with van der Waals surface area (Å²) in [6.45, 7) is 10.8. The normalized spacial score (nSPS) is 16.3. The molecular formula is C25H32N4O2S. The van der Waals surface area contributed by atoms with Crippen LogP contribution < -0.4 is 10.1 Å². The van der Waals surface area contributed by atoms with Crippen molar-refractivity contribution in [3.8, 4) is 5.75 Å². The summed E-state index contributed by atoms with van der Waals surface area (Å²) in [6, 6.07) is 1.88. The van der Waals surface area contributed by atoms with E-state index in [1.165, 1.54) is 20.9 Å². The van der Waals surface area contributed by atoms with Crippen molar-refractivity contribution in [2.24, 2.45) is 4.99 Å². The lowest BCUT2D eigenvalue weighted by molar-refractivity contribution is -0.125. The number of allylic oxidation sites excluding steroid dienone is 2. The van der Waals surface area contributed by atoms with Gasteiger partial charge in [0.05, 0.1) is 6.54 Å². The van der Waals surface area contributed by atoms with Crippen molar-refractivity contribution >= 4 is 35.0 Å². The van der Waals surface area contributed by atoms with Gasteiger partial charge in [-0.3, -0.25) is 9.79 Å². The Bertz CT molecular complexity index is 1100. The molecule has 3 heterocycles. The summed E-state index contributed by atoms with van der Waals surface area (Å²) in [4.78, 5) is 25.7. The minimum Gasteiger partial charge on any atom is -0.476 e. The number of carbonyl (C=O) groups excluding carboxylic acids is 1. The third-order valence-electron chi connectivity index (χ3n) is 5.63. The fourth-order valence-corrected chi connectivity index (χ4v) is 4.86. The van der Waals surface area contributed by atoms with Crippen LogP contribution in [0.4, 0.5) is 5.82 Å². The summed E-state index contributed by atoms with van der Waals surface area (Å²) in [5.41, 5.74) is 2.84. The van der Waals surface area contributed by atoms with Crippen molar-refractivity contribution < 1.29 is 9.53 Å². The Kier molecular flexibility index (Phi) is 7.19. The molecule has 1 aliphatic heterocycles. The maximum atomic E-state index is 12.7. The standard InChI is InChI=1S/C25H32N4O2S/c1-8-9-10-20-16(2)17(3)21(32-20)15-29(7)22(30)12-11-18-13-19-23(27-14-18)28-24(26-6)25(4,5)31-19/h8-9,11-14H,10,15H2,1-7H3,(H,26,27,28)/b9-8-,12-11+.